The minimum Gasteiger partial charge on any atom is -0.390 e. The molecule has 0 aromatic rings. The molecule has 1 fully saturated rings. The van der Waals surface area contributed by atoms with Gasteiger partial charge >= 0.3 is 5.97 Å². The molecule has 0 aromatic carbocycles. The van der Waals surface area contributed by atoms with E-state index in [1.807, 2.05) is 0 Å². The minimum absolute atomic E-state index is 0.315. The van der Waals surface area contributed by atoms with Gasteiger partial charge in [-0.2, -0.15) is 0 Å². The van der Waals surface area contributed by atoms with E-state index in [1.165, 1.54) is 12.0 Å². The lowest BCUT2D eigenvalue weighted by Crippen LogP contribution is -2.50. The predicted molar refractivity (Wildman–Crippen MR) is 29.3 cm³/mol. The third-order valence-corrected chi connectivity index (χ3v) is 1.09. The van der Waals surface area contributed by atoms with Crippen LogP contribution in [-0.2, 0) is 9.63 Å². The predicted octanol–water partition coefficient (Wildman–Crippen LogP) is -0.859. The summed E-state index contributed by atoms with van der Waals surface area (Å²) < 4.78 is 0. The molecule has 1 N–H and O–H groups in total. The van der Waals surface area contributed by atoms with Crippen LogP contribution in [0.1, 0.15) is 6.92 Å². The molecule has 0 amide bonds. The number of rotatable bonds is 1. The Morgan fingerprint density at radius 2 is 2.33 bits per heavy atom. The van der Waals surface area contributed by atoms with Crippen molar-refractivity contribution in [2.24, 2.45) is 0 Å². The highest BCUT2D eigenvalue weighted by Crippen LogP contribution is 2.06. The molecule has 0 aliphatic carbocycles. The van der Waals surface area contributed by atoms with E-state index in [-0.39, 0.29) is 12.1 Å². The molecule has 0 radical (unpaired) electrons. The van der Waals surface area contributed by atoms with Crippen molar-refractivity contribution in [3.05, 3.63) is 0 Å². The first kappa shape index (κ1) is 6.51. The minimum atomic E-state index is -0.332. The van der Waals surface area contributed by atoms with Gasteiger partial charge in [0.05, 0.1) is 19.2 Å². The number of hydrogen-bond donors (Lipinski definition) is 1. The summed E-state index contributed by atoms with van der Waals surface area (Å²) in [6.07, 6.45) is -0.315. The summed E-state index contributed by atoms with van der Waals surface area (Å²) in [5.41, 5.74) is 0. The molecular formula is C5H9NO3. The molecule has 4 nitrogen and oxygen atoms in total. The average Bonchev–Trinajstić information content (AvgIpc) is 1.60. The molecule has 0 spiro atoms. The van der Waals surface area contributed by atoms with Crippen LogP contribution in [0.2, 0.25) is 0 Å². The molecule has 0 unspecified atom stereocenters. The molecule has 4 heteroatoms. The first-order valence-electron chi connectivity index (χ1n) is 2.80. The number of nitrogens with zero attached hydrogens (tertiary/aromatic N) is 1. The third-order valence-electron chi connectivity index (χ3n) is 1.09. The van der Waals surface area contributed by atoms with Crippen molar-refractivity contribution < 1.29 is 14.7 Å². The number of aliphatic hydroxyl groups excluding tert-OH is 1. The monoisotopic (exact) mass is 131 g/mol. The van der Waals surface area contributed by atoms with Crippen molar-refractivity contribution in [1.82, 2.24) is 5.06 Å². The van der Waals surface area contributed by atoms with Crippen LogP contribution in [0.5, 0.6) is 0 Å². The second-order valence-electron chi connectivity index (χ2n) is 2.08. The molecule has 1 aliphatic rings. The summed E-state index contributed by atoms with van der Waals surface area (Å²) in [6, 6.07) is 0. The van der Waals surface area contributed by atoms with Gasteiger partial charge in [-0.3, -0.25) is 4.79 Å². The lowest BCUT2D eigenvalue weighted by molar-refractivity contribution is -0.228. The van der Waals surface area contributed by atoms with E-state index < -0.39 is 0 Å². The van der Waals surface area contributed by atoms with Crippen molar-refractivity contribution >= 4 is 5.97 Å². The maximum absolute atomic E-state index is 10.2. The van der Waals surface area contributed by atoms with Crippen LogP contribution in [0.4, 0.5) is 0 Å². The Morgan fingerprint density at radius 1 is 1.78 bits per heavy atom. The number of β-amino-alcohol motifs (C(OH)–C–C–N with tert-alkyl or cyclic N) is 1. The summed E-state index contributed by atoms with van der Waals surface area (Å²) in [6.45, 7) is 2.23. The smallest absolute Gasteiger partial charge is 0.322 e. The summed E-state index contributed by atoms with van der Waals surface area (Å²) in [5.74, 6) is -0.332. The standard InChI is InChI=1S/C5H9NO3/c1-4(7)9-6-2-5(8)3-6/h5,8H,2-3H2,1H3. The van der Waals surface area contributed by atoms with Crippen molar-refractivity contribution in [3.8, 4) is 0 Å². The van der Waals surface area contributed by atoms with Crippen LogP contribution in [0, 0.1) is 0 Å². The zero-order valence-electron chi connectivity index (χ0n) is 5.20. The number of aliphatic hydroxyl groups is 1. The molecule has 9 heavy (non-hydrogen) atoms. The third kappa shape index (κ3) is 1.65. The molecule has 1 heterocycles. The summed E-state index contributed by atoms with van der Waals surface area (Å²) >= 11 is 0. The number of hydroxylamine groups is 2. The normalized spacial score (nSPS) is 21.1. The fourth-order valence-corrected chi connectivity index (χ4v) is 0.673. The Balaban J connectivity index is 2.11. The second kappa shape index (κ2) is 2.33. The van der Waals surface area contributed by atoms with E-state index in [2.05, 4.69) is 4.84 Å². The van der Waals surface area contributed by atoms with Gasteiger partial charge in [0.1, 0.15) is 0 Å². The largest absolute Gasteiger partial charge is 0.390 e. The van der Waals surface area contributed by atoms with Gasteiger partial charge in [0.25, 0.3) is 0 Å². The van der Waals surface area contributed by atoms with E-state index in [1.54, 1.807) is 0 Å². The molecule has 0 saturated carbocycles. The summed E-state index contributed by atoms with van der Waals surface area (Å²) in [7, 11) is 0. The highest BCUT2D eigenvalue weighted by atomic mass is 16.7. The molecule has 1 rings (SSSR count). The maximum Gasteiger partial charge on any atom is 0.322 e. The molecule has 1 saturated heterocycles. The Labute approximate surface area is 53.0 Å². The number of hydrogen-bond acceptors (Lipinski definition) is 4. The Bertz CT molecular complexity index is 119. The van der Waals surface area contributed by atoms with Crippen LogP contribution in [0.25, 0.3) is 0 Å². The quantitative estimate of drug-likeness (QED) is 0.503. The fraction of sp³-hybridized carbons (Fsp3) is 0.800. The molecular weight excluding hydrogens is 122 g/mol. The topological polar surface area (TPSA) is 49.8 Å². The number of carbonyl (C=O) groups is 1. The van der Waals surface area contributed by atoms with Crippen LogP contribution < -0.4 is 0 Å². The van der Waals surface area contributed by atoms with Crippen LogP contribution >= 0.6 is 0 Å². The van der Waals surface area contributed by atoms with E-state index in [9.17, 15) is 4.79 Å². The van der Waals surface area contributed by atoms with E-state index in [4.69, 9.17) is 5.11 Å². The second-order valence-corrected chi connectivity index (χ2v) is 2.08. The van der Waals surface area contributed by atoms with Gasteiger partial charge in [-0.15, -0.1) is 5.06 Å². The zero-order valence-corrected chi connectivity index (χ0v) is 5.20. The van der Waals surface area contributed by atoms with Gasteiger partial charge in [-0.1, -0.05) is 0 Å². The summed E-state index contributed by atoms with van der Waals surface area (Å²) in [5, 5.41) is 10.1. The van der Waals surface area contributed by atoms with Crippen molar-refractivity contribution in [1.29, 1.82) is 0 Å². The van der Waals surface area contributed by atoms with Gasteiger partial charge in [0, 0.05) is 6.92 Å². The fourth-order valence-electron chi connectivity index (χ4n) is 0.673. The maximum atomic E-state index is 10.2. The Morgan fingerprint density at radius 3 is 2.67 bits per heavy atom. The zero-order chi connectivity index (χ0) is 6.85. The van der Waals surface area contributed by atoms with E-state index >= 15 is 0 Å². The lowest BCUT2D eigenvalue weighted by Gasteiger charge is -2.32. The summed E-state index contributed by atoms with van der Waals surface area (Å²) in [4.78, 5) is 14.8. The van der Waals surface area contributed by atoms with Gasteiger partial charge in [-0.25, -0.2) is 0 Å². The molecule has 52 valence electrons. The van der Waals surface area contributed by atoms with Gasteiger partial charge in [0.15, 0.2) is 0 Å². The van der Waals surface area contributed by atoms with Crippen molar-refractivity contribution in [2.75, 3.05) is 13.1 Å². The molecule has 0 bridgehead atoms. The van der Waals surface area contributed by atoms with Crippen LogP contribution in [0.3, 0.4) is 0 Å². The highest BCUT2D eigenvalue weighted by molar-refractivity contribution is 5.65. The SMILES string of the molecule is CC(=O)ON1CC(O)C1. The first-order chi connectivity index (χ1) is 4.18. The van der Waals surface area contributed by atoms with Crippen LogP contribution in [-0.4, -0.2) is 35.3 Å². The average molecular weight is 131 g/mol. The van der Waals surface area contributed by atoms with Gasteiger partial charge in [0.2, 0.25) is 0 Å². The molecule has 1 aliphatic heterocycles. The molecule has 0 aromatic heterocycles. The van der Waals surface area contributed by atoms with E-state index in [0.29, 0.717) is 13.1 Å². The number of carbonyl (C=O) groups excluding carboxylic acids is 1. The lowest BCUT2D eigenvalue weighted by atomic mass is 10.2. The van der Waals surface area contributed by atoms with Crippen molar-refractivity contribution in [3.63, 3.8) is 0 Å². The molecule has 0 atom stereocenters. The van der Waals surface area contributed by atoms with Crippen molar-refractivity contribution in [2.45, 2.75) is 13.0 Å². The van der Waals surface area contributed by atoms with Gasteiger partial charge < -0.3 is 9.94 Å². The van der Waals surface area contributed by atoms with Gasteiger partial charge in [-0.05, 0) is 0 Å². The van der Waals surface area contributed by atoms with E-state index in [0.717, 1.165) is 0 Å². The van der Waals surface area contributed by atoms with Crippen LogP contribution in [0.15, 0.2) is 0 Å². The highest BCUT2D eigenvalue weighted by Gasteiger charge is 2.26. The Hall–Kier alpha value is -0.610. The Kier molecular flexibility index (Phi) is 1.68. The first-order valence-corrected chi connectivity index (χ1v) is 2.80.